The lowest BCUT2D eigenvalue weighted by molar-refractivity contribution is -0.119. The number of aromatic nitrogens is 2. The Labute approximate surface area is 206 Å². The van der Waals surface area contributed by atoms with Gasteiger partial charge in [0, 0.05) is 12.0 Å². The fraction of sp³-hybridized carbons (Fsp3) is 0.423. The van der Waals surface area contributed by atoms with Crippen LogP contribution in [-0.4, -0.2) is 47.2 Å². The summed E-state index contributed by atoms with van der Waals surface area (Å²) < 4.78 is 57.0. The molecule has 10 heteroatoms. The zero-order valence-electron chi connectivity index (χ0n) is 20.2. The van der Waals surface area contributed by atoms with Crippen molar-refractivity contribution in [3.8, 4) is 28.4 Å². The second-order valence-electron chi connectivity index (χ2n) is 9.33. The summed E-state index contributed by atoms with van der Waals surface area (Å²) in [4.78, 5) is 24.1. The third-order valence-corrected chi connectivity index (χ3v) is 6.06. The number of pyridine rings is 1. The Morgan fingerprint density at radius 2 is 2.00 bits per heavy atom. The molecule has 1 aromatic carbocycles. The van der Waals surface area contributed by atoms with Crippen LogP contribution in [0.25, 0.3) is 16.6 Å². The largest absolute Gasteiger partial charge is 0.496 e. The van der Waals surface area contributed by atoms with Crippen LogP contribution >= 0.6 is 0 Å². The van der Waals surface area contributed by atoms with Crippen LogP contribution in [0.3, 0.4) is 0 Å². The van der Waals surface area contributed by atoms with Crippen molar-refractivity contribution in [2.45, 2.75) is 57.9 Å². The van der Waals surface area contributed by atoms with E-state index in [1.807, 2.05) is 0 Å². The monoisotopic (exact) mass is 504 g/mol. The number of benzene rings is 1. The molecule has 0 saturated heterocycles. The van der Waals surface area contributed by atoms with Gasteiger partial charge in [0.25, 0.3) is 0 Å². The molecule has 192 valence electrons. The van der Waals surface area contributed by atoms with E-state index in [1.54, 1.807) is 38.2 Å². The van der Waals surface area contributed by atoms with Gasteiger partial charge in [0.1, 0.15) is 29.0 Å². The zero-order valence-corrected chi connectivity index (χ0v) is 20.2. The van der Waals surface area contributed by atoms with Gasteiger partial charge >= 0.3 is 6.61 Å². The number of carbonyl (C=O) groups excluding carboxylic acids is 2. The summed E-state index contributed by atoms with van der Waals surface area (Å²) >= 11 is 0. The van der Waals surface area contributed by atoms with Gasteiger partial charge in [-0.2, -0.15) is 13.9 Å². The normalized spacial score (nSPS) is 17.3. The number of hydrogen-bond donors (Lipinski definition) is 0. The van der Waals surface area contributed by atoms with Crippen LogP contribution in [0.2, 0.25) is 0 Å². The van der Waals surface area contributed by atoms with Crippen LogP contribution in [0.5, 0.6) is 17.2 Å². The molecular formula is C26H27F3N2O5. The molecule has 0 spiro atoms. The highest BCUT2D eigenvalue weighted by atomic mass is 19.3. The van der Waals surface area contributed by atoms with Gasteiger partial charge in [0.15, 0.2) is 17.7 Å². The summed E-state index contributed by atoms with van der Waals surface area (Å²) in [5.41, 5.74) is 0.565. The standard InChI is InChI=1S/C26H27F3N2O5/c1-26(2,14-32)36-17-7-8-20-18(12-30-31(20)13-17)16-10-22(34-3)24(23(11-16)35-25(28)29)21(33)6-4-5-15-9-19(15)27/h7-8,10-15,19,25H,4-6,9H2,1-3H3/t15-,19+/m1/s1. The SMILES string of the molecule is COc1cc(-c2cnn3cc(OC(C)(C)C=O)ccc23)cc(OC(F)F)c1C(=O)CCC[C@@H]1C[C@@H]1F. The minimum atomic E-state index is -3.15. The Morgan fingerprint density at radius 1 is 1.28 bits per heavy atom. The highest BCUT2D eigenvalue weighted by molar-refractivity contribution is 6.02. The first-order valence-corrected chi connectivity index (χ1v) is 11.6. The first-order valence-electron chi connectivity index (χ1n) is 11.6. The first-order chi connectivity index (χ1) is 17.1. The van der Waals surface area contributed by atoms with Crippen molar-refractivity contribution in [3.63, 3.8) is 0 Å². The van der Waals surface area contributed by atoms with Gasteiger partial charge in [0.05, 0.1) is 25.0 Å². The smallest absolute Gasteiger partial charge is 0.387 e. The molecule has 1 aliphatic rings. The van der Waals surface area contributed by atoms with Crippen molar-refractivity contribution in [1.82, 2.24) is 9.61 Å². The maximum atomic E-state index is 13.3. The summed E-state index contributed by atoms with van der Waals surface area (Å²) in [7, 11) is 1.34. The predicted molar refractivity (Wildman–Crippen MR) is 126 cm³/mol. The quantitative estimate of drug-likeness (QED) is 0.233. The molecule has 3 aromatic rings. The topological polar surface area (TPSA) is 79.1 Å². The minimum absolute atomic E-state index is 0.0232. The lowest BCUT2D eigenvalue weighted by Gasteiger charge is -2.19. The molecule has 1 saturated carbocycles. The number of ether oxygens (including phenoxy) is 3. The highest BCUT2D eigenvalue weighted by Gasteiger charge is 2.36. The number of fused-ring (bicyclic) bond motifs is 1. The third kappa shape index (κ3) is 5.63. The average molecular weight is 505 g/mol. The molecule has 2 atom stereocenters. The molecule has 0 N–H and O–H groups in total. The van der Waals surface area contributed by atoms with Crippen LogP contribution in [0.4, 0.5) is 13.2 Å². The van der Waals surface area contributed by atoms with E-state index >= 15 is 0 Å². The number of alkyl halides is 3. The average Bonchev–Trinajstić information content (AvgIpc) is 3.36. The van der Waals surface area contributed by atoms with Gasteiger partial charge in [-0.3, -0.25) is 9.59 Å². The van der Waals surface area contributed by atoms with E-state index in [4.69, 9.17) is 14.2 Å². The number of halogens is 3. The molecule has 2 heterocycles. The van der Waals surface area contributed by atoms with E-state index in [0.717, 1.165) is 0 Å². The van der Waals surface area contributed by atoms with Crippen molar-refractivity contribution in [3.05, 3.63) is 42.2 Å². The fourth-order valence-electron chi connectivity index (χ4n) is 4.11. The van der Waals surface area contributed by atoms with Crippen LogP contribution in [0.1, 0.15) is 49.9 Å². The number of rotatable bonds is 12. The van der Waals surface area contributed by atoms with Crippen molar-refractivity contribution in [2.75, 3.05) is 7.11 Å². The summed E-state index contributed by atoms with van der Waals surface area (Å²) in [6.07, 6.45) is 4.60. The molecule has 1 fully saturated rings. The van der Waals surface area contributed by atoms with E-state index < -0.39 is 24.2 Å². The lowest BCUT2D eigenvalue weighted by atomic mass is 9.98. The Bertz CT molecular complexity index is 1270. The van der Waals surface area contributed by atoms with Crippen molar-refractivity contribution in [2.24, 2.45) is 5.92 Å². The number of Topliss-reactive ketones (excluding diaryl/α,β-unsaturated/α-hetero) is 1. The molecule has 0 amide bonds. The van der Waals surface area contributed by atoms with E-state index in [0.29, 0.717) is 47.9 Å². The minimum Gasteiger partial charge on any atom is -0.496 e. The van der Waals surface area contributed by atoms with Gasteiger partial charge in [-0.05, 0) is 68.9 Å². The van der Waals surface area contributed by atoms with Crippen LogP contribution in [-0.2, 0) is 4.79 Å². The van der Waals surface area contributed by atoms with Gasteiger partial charge in [-0.25, -0.2) is 8.91 Å². The maximum Gasteiger partial charge on any atom is 0.387 e. The van der Waals surface area contributed by atoms with Crippen molar-refractivity contribution >= 4 is 17.6 Å². The van der Waals surface area contributed by atoms with Crippen molar-refractivity contribution < 1.29 is 37.0 Å². The molecule has 4 rings (SSSR count). The fourth-order valence-corrected chi connectivity index (χ4v) is 4.11. The van der Waals surface area contributed by atoms with Crippen LogP contribution < -0.4 is 14.2 Å². The lowest BCUT2D eigenvalue weighted by Crippen LogP contribution is -2.29. The van der Waals surface area contributed by atoms with Crippen LogP contribution in [0, 0.1) is 5.92 Å². The third-order valence-electron chi connectivity index (χ3n) is 6.06. The molecular weight excluding hydrogens is 477 g/mol. The second-order valence-corrected chi connectivity index (χ2v) is 9.33. The molecule has 1 aliphatic carbocycles. The van der Waals surface area contributed by atoms with E-state index in [-0.39, 0.29) is 29.4 Å². The first kappa shape index (κ1) is 25.5. The summed E-state index contributed by atoms with van der Waals surface area (Å²) in [6.45, 7) is 0.101. The Morgan fingerprint density at radius 3 is 2.64 bits per heavy atom. The van der Waals surface area contributed by atoms with Gasteiger partial charge in [-0.1, -0.05) is 0 Å². The van der Waals surface area contributed by atoms with E-state index in [2.05, 4.69) is 5.10 Å². The van der Waals surface area contributed by atoms with E-state index in [1.165, 1.54) is 23.9 Å². The number of carbonyl (C=O) groups is 2. The number of nitrogens with zero attached hydrogens (tertiary/aromatic N) is 2. The maximum absolute atomic E-state index is 13.3. The summed E-state index contributed by atoms with van der Waals surface area (Å²) in [5, 5.41) is 4.31. The van der Waals surface area contributed by atoms with E-state index in [9.17, 15) is 22.8 Å². The van der Waals surface area contributed by atoms with Gasteiger partial charge < -0.3 is 14.2 Å². The highest BCUT2D eigenvalue weighted by Crippen LogP contribution is 2.40. The number of ketones is 1. The summed E-state index contributed by atoms with van der Waals surface area (Å²) in [5.74, 6) is -0.226. The molecule has 0 unspecified atom stereocenters. The van der Waals surface area contributed by atoms with Crippen LogP contribution in [0.15, 0.2) is 36.7 Å². The Hall–Kier alpha value is -3.56. The Balaban J connectivity index is 1.67. The van der Waals surface area contributed by atoms with Gasteiger partial charge in [0.2, 0.25) is 0 Å². The summed E-state index contributed by atoms with van der Waals surface area (Å²) in [6, 6.07) is 6.31. The molecule has 0 radical (unpaired) electrons. The number of methoxy groups -OCH3 is 1. The Kier molecular flexibility index (Phi) is 7.23. The molecule has 36 heavy (non-hydrogen) atoms. The predicted octanol–water partition coefficient (Wildman–Crippen LogP) is 5.68. The van der Waals surface area contributed by atoms with Gasteiger partial charge in [-0.15, -0.1) is 0 Å². The molecule has 7 nitrogen and oxygen atoms in total. The number of aldehydes is 1. The zero-order chi connectivity index (χ0) is 26.0. The molecule has 0 aliphatic heterocycles. The molecule has 0 bridgehead atoms. The second kappa shape index (κ2) is 10.2. The van der Waals surface area contributed by atoms with Crippen molar-refractivity contribution in [1.29, 1.82) is 0 Å². The number of hydrogen-bond acceptors (Lipinski definition) is 6. The molecule has 2 aromatic heterocycles.